The number of halogens is 1. The zero-order valence-corrected chi connectivity index (χ0v) is 17.2. The molecule has 2 heterocycles. The first-order valence-electron chi connectivity index (χ1n) is 8.72. The van der Waals surface area contributed by atoms with E-state index in [2.05, 4.69) is 15.3 Å². The number of ether oxygens (including phenoxy) is 1. The molecule has 0 radical (unpaired) electrons. The summed E-state index contributed by atoms with van der Waals surface area (Å²) in [4.78, 5) is 16.1. The van der Waals surface area contributed by atoms with Gasteiger partial charge in [0.1, 0.15) is 5.60 Å². The molecular weight excluding hydrogens is 388 g/mol. The van der Waals surface area contributed by atoms with E-state index in [4.69, 9.17) is 28.6 Å². The van der Waals surface area contributed by atoms with E-state index < -0.39 is 5.60 Å². The van der Waals surface area contributed by atoms with Crippen LogP contribution >= 0.6 is 23.8 Å². The van der Waals surface area contributed by atoms with Gasteiger partial charge in [-0.2, -0.15) is 4.68 Å². The van der Waals surface area contributed by atoms with Gasteiger partial charge in [0.2, 0.25) is 4.77 Å². The standard InChI is InChI=1S/C17H23ClN6O2S/c1-17(2,3)26-16(25)22-10-8-21(9-11-22)12-23-15(27)24(20-19-23)14-6-4-13(18)5-7-14/h4-7H,8-12H2,1-3H3. The molecule has 1 aliphatic rings. The first-order valence-corrected chi connectivity index (χ1v) is 9.50. The predicted molar refractivity (Wildman–Crippen MR) is 105 cm³/mol. The van der Waals surface area contributed by atoms with Crippen molar-refractivity contribution < 1.29 is 9.53 Å². The van der Waals surface area contributed by atoms with Gasteiger partial charge in [-0.25, -0.2) is 9.48 Å². The van der Waals surface area contributed by atoms with E-state index in [1.54, 1.807) is 26.4 Å². The number of piperazine rings is 1. The average Bonchev–Trinajstić information content (AvgIpc) is 2.95. The van der Waals surface area contributed by atoms with Crippen LogP contribution in [0.4, 0.5) is 4.79 Å². The quantitative estimate of drug-likeness (QED) is 0.724. The van der Waals surface area contributed by atoms with Crippen LogP contribution in [0.1, 0.15) is 20.8 Å². The summed E-state index contributed by atoms with van der Waals surface area (Å²) >= 11 is 11.4. The maximum Gasteiger partial charge on any atom is 0.410 e. The monoisotopic (exact) mass is 410 g/mol. The number of rotatable bonds is 3. The lowest BCUT2D eigenvalue weighted by Gasteiger charge is -2.35. The van der Waals surface area contributed by atoms with Crippen LogP contribution in [0.2, 0.25) is 5.02 Å². The molecule has 0 atom stereocenters. The zero-order valence-electron chi connectivity index (χ0n) is 15.6. The molecule has 0 N–H and O–H groups in total. The Balaban J connectivity index is 1.59. The Morgan fingerprint density at radius 1 is 1.15 bits per heavy atom. The van der Waals surface area contributed by atoms with Crippen LogP contribution in [0.5, 0.6) is 0 Å². The van der Waals surface area contributed by atoms with Gasteiger partial charge in [0.25, 0.3) is 0 Å². The SMILES string of the molecule is CC(C)(C)OC(=O)N1CCN(Cn2nnn(-c3ccc(Cl)cc3)c2=S)CC1. The van der Waals surface area contributed by atoms with Crippen molar-refractivity contribution in [1.29, 1.82) is 0 Å². The number of tetrazole rings is 1. The van der Waals surface area contributed by atoms with Gasteiger partial charge in [-0.1, -0.05) is 11.6 Å². The lowest BCUT2D eigenvalue weighted by Crippen LogP contribution is -2.50. The molecular formula is C17H23ClN6O2S. The highest BCUT2D eigenvalue weighted by atomic mass is 35.5. The molecule has 146 valence electrons. The third-order valence-corrected chi connectivity index (χ3v) is 4.70. The minimum atomic E-state index is -0.485. The maximum atomic E-state index is 12.1. The summed E-state index contributed by atoms with van der Waals surface area (Å²) in [6.45, 7) is 8.77. The third-order valence-electron chi connectivity index (χ3n) is 4.07. The molecule has 10 heteroatoms. The highest BCUT2D eigenvalue weighted by Crippen LogP contribution is 2.14. The lowest BCUT2D eigenvalue weighted by molar-refractivity contribution is 0.0113. The van der Waals surface area contributed by atoms with Crippen molar-refractivity contribution in [2.45, 2.75) is 33.0 Å². The molecule has 2 aromatic rings. The van der Waals surface area contributed by atoms with Crippen LogP contribution in [0.25, 0.3) is 5.69 Å². The van der Waals surface area contributed by atoms with Crippen molar-refractivity contribution in [2.24, 2.45) is 0 Å². The van der Waals surface area contributed by atoms with E-state index in [9.17, 15) is 4.79 Å². The second-order valence-corrected chi connectivity index (χ2v) is 8.18. The Kier molecular flexibility index (Phi) is 5.83. The lowest BCUT2D eigenvalue weighted by atomic mass is 10.2. The van der Waals surface area contributed by atoms with Gasteiger partial charge in [-0.15, -0.1) is 0 Å². The summed E-state index contributed by atoms with van der Waals surface area (Å²) in [5, 5.41) is 8.95. The summed E-state index contributed by atoms with van der Waals surface area (Å²) in [5.41, 5.74) is 0.326. The van der Waals surface area contributed by atoms with E-state index in [-0.39, 0.29) is 6.09 Å². The van der Waals surface area contributed by atoms with Gasteiger partial charge in [0, 0.05) is 31.2 Å². The van der Waals surface area contributed by atoms with Crippen molar-refractivity contribution in [1.82, 2.24) is 29.6 Å². The predicted octanol–water partition coefficient (Wildman–Crippen LogP) is 2.96. The maximum absolute atomic E-state index is 12.1. The number of hydrogen-bond donors (Lipinski definition) is 0. The Labute approximate surface area is 168 Å². The van der Waals surface area contributed by atoms with E-state index in [1.165, 1.54) is 0 Å². The van der Waals surface area contributed by atoms with Crippen molar-refractivity contribution >= 4 is 29.9 Å². The Morgan fingerprint density at radius 2 is 1.78 bits per heavy atom. The van der Waals surface area contributed by atoms with Gasteiger partial charge >= 0.3 is 6.09 Å². The fourth-order valence-electron chi connectivity index (χ4n) is 2.70. The summed E-state index contributed by atoms with van der Waals surface area (Å²) in [7, 11) is 0. The van der Waals surface area contributed by atoms with Crippen LogP contribution < -0.4 is 0 Å². The number of aromatic nitrogens is 4. The molecule has 1 fully saturated rings. The Bertz CT molecular complexity index is 850. The number of carbonyl (C=O) groups excluding carboxylic acids is 1. The average molecular weight is 411 g/mol. The van der Waals surface area contributed by atoms with E-state index >= 15 is 0 Å². The normalized spacial score (nSPS) is 15.8. The van der Waals surface area contributed by atoms with Gasteiger partial charge in [0.15, 0.2) is 0 Å². The van der Waals surface area contributed by atoms with E-state index in [1.807, 2.05) is 32.9 Å². The molecule has 0 bridgehead atoms. The second-order valence-electron chi connectivity index (χ2n) is 7.38. The summed E-state index contributed by atoms with van der Waals surface area (Å²) in [6, 6.07) is 7.26. The fourth-order valence-corrected chi connectivity index (χ4v) is 3.06. The number of nitrogens with zero attached hydrogens (tertiary/aromatic N) is 6. The highest BCUT2D eigenvalue weighted by molar-refractivity contribution is 7.71. The van der Waals surface area contributed by atoms with Crippen LogP contribution in [-0.4, -0.2) is 67.5 Å². The van der Waals surface area contributed by atoms with Gasteiger partial charge in [-0.3, -0.25) is 4.90 Å². The summed E-state index contributed by atoms with van der Waals surface area (Å²) in [6.07, 6.45) is -0.271. The topological polar surface area (TPSA) is 68.4 Å². The van der Waals surface area contributed by atoms with E-state index in [0.717, 1.165) is 18.8 Å². The van der Waals surface area contributed by atoms with Gasteiger partial charge < -0.3 is 9.64 Å². The van der Waals surface area contributed by atoms with E-state index in [0.29, 0.717) is 29.6 Å². The number of hydrogen-bond acceptors (Lipinski definition) is 6. The van der Waals surface area contributed by atoms with Crippen LogP contribution in [0, 0.1) is 4.77 Å². The van der Waals surface area contributed by atoms with Crippen molar-refractivity contribution in [3.8, 4) is 5.69 Å². The van der Waals surface area contributed by atoms with Crippen molar-refractivity contribution in [3.63, 3.8) is 0 Å². The smallest absolute Gasteiger partial charge is 0.410 e. The minimum absolute atomic E-state index is 0.271. The van der Waals surface area contributed by atoms with Crippen LogP contribution in [0.15, 0.2) is 24.3 Å². The molecule has 27 heavy (non-hydrogen) atoms. The molecule has 1 saturated heterocycles. The first kappa shape index (κ1) is 19.8. The summed E-state index contributed by atoms with van der Waals surface area (Å²) < 4.78 is 9.20. The number of carbonyl (C=O) groups is 1. The minimum Gasteiger partial charge on any atom is -0.444 e. The molecule has 0 saturated carbocycles. The van der Waals surface area contributed by atoms with Crippen LogP contribution in [0.3, 0.4) is 0 Å². The molecule has 1 aromatic carbocycles. The second kappa shape index (κ2) is 7.95. The molecule has 0 unspecified atom stereocenters. The molecule has 1 aromatic heterocycles. The molecule has 0 spiro atoms. The third kappa shape index (κ3) is 5.06. The highest BCUT2D eigenvalue weighted by Gasteiger charge is 2.26. The van der Waals surface area contributed by atoms with Gasteiger partial charge in [-0.05, 0) is 67.7 Å². The van der Waals surface area contributed by atoms with Crippen LogP contribution in [-0.2, 0) is 11.4 Å². The van der Waals surface area contributed by atoms with Crippen molar-refractivity contribution in [3.05, 3.63) is 34.1 Å². The Hall–Kier alpha value is -1.97. The van der Waals surface area contributed by atoms with Gasteiger partial charge in [0.05, 0.1) is 12.4 Å². The van der Waals surface area contributed by atoms with Crippen molar-refractivity contribution in [2.75, 3.05) is 26.2 Å². The molecule has 8 nitrogen and oxygen atoms in total. The fraction of sp³-hybridized carbons (Fsp3) is 0.529. The summed E-state index contributed by atoms with van der Waals surface area (Å²) in [5.74, 6) is 0. The molecule has 0 aliphatic carbocycles. The number of benzene rings is 1. The number of amides is 1. The molecule has 3 rings (SSSR count). The Morgan fingerprint density at radius 3 is 2.37 bits per heavy atom. The largest absolute Gasteiger partial charge is 0.444 e. The zero-order chi connectivity index (χ0) is 19.6. The molecule has 1 aliphatic heterocycles. The molecule has 1 amide bonds. The first-order chi connectivity index (χ1) is 12.7.